The van der Waals surface area contributed by atoms with Gasteiger partial charge in [0.15, 0.2) is 0 Å². The third-order valence-electron chi connectivity index (χ3n) is 5.94. The lowest BCUT2D eigenvalue weighted by Gasteiger charge is -2.29. The molecule has 2 aromatic carbocycles. The minimum atomic E-state index is -0.992. The Morgan fingerprint density at radius 3 is 2.40 bits per heavy atom. The van der Waals surface area contributed by atoms with Gasteiger partial charge in [0.25, 0.3) is 0 Å². The van der Waals surface area contributed by atoms with Crippen LogP contribution >= 0.6 is 0 Å². The summed E-state index contributed by atoms with van der Waals surface area (Å²) in [6, 6.07) is 6.64. The fourth-order valence-electron chi connectivity index (χ4n) is 4.52. The van der Waals surface area contributed by atoms with Gasteiger partial charge < -0.3 is 20.5 Å². The number of carbonyl (C=O) groups is 1. The smallest absolute Gasteiger partial charge is 0.217 e. The van der Waals surface area contributed by atoms with Crippen molar-refractivity contribution >= 4 is 5.91 Å². The molecule has 0 fully saturated rings. The number of ether oxygens (including phenoxy) is 1. The summed E-state index contributed by atoms with van der Waals surface area (Å²) in [4.78, 5) is 11.8. The maximum absolute atomic E-state index is 13.6. The van der Waals surface area contributed by atoms with Gasteiger partial charge in [-0.25, -0.2) is 8.78 Å². The van der Waals surface area contributed by atoms with Crippen molar-refractivity contribution in [1.82, 2.24) is 10.6 Å². The van der Waals surface area contributed by atoms with E-state index in [0.717, 1.165) is 35.8 Å². The van der Waals surface area contributed by atoms with Crippen LogP contribution in [0.1, 0.15) is 62.9 Å². The zero-order valence-corrected chi connectivity index (χ0v) is 21.1. The Morgan fingerprint density at radius 1 is 1.11 bits per heavy atom. The maximum Gasteiger partial charge on any atom is 0.217 e. The van der Waals surface area contributed by atoms with Crippen LogP contribution in [0, 0.1) is 17.0 Å². The van der Waals surface area contributed by atoms with Crippen LogP contribution in [0.25, 0.3) is 0 Å². The number of nitrogens with one attached hydrogen (secondary N) is 2. The summed E-state index contributed by atoms with van der Waals surface area (Å²) in [5.74, 6) is -0.901. The maximum atomic E-state index is 13.6. The van der Waals surface area contributed by atoms with Crippen LogP contribution in [0.15, 0.2) is 42.7 Å². The van der Waals surface area contributed by atoms with Crippen LogP contribution in [-0.4, -0.2) is 29.7 Å². The van der Waals surface area contributed by atoms with Gasteiger partial charge in [-0.2, -0.15) is 0 Å². The summed E-state index contributed by atoms with van der Waals surface area (Å²) >= 11 is 0. The van der Waals surface area contributed by atoms with E-state index in [1.807, 2.05) is 6.08 Å². The Hall–Kier alpha value is -2.77. The number of aryl methyl sites for hydroxylation is 1. The molecule has 0 aromatic heterocycles. The van der Waals surface area contributed by atoms with Crippen LogP contribution in [0.5, 0.6) is 5.75 Å². The van der Waals surface area contributed by atoms with Gasteiger partial charge in [-0.05, 0) is 59.6 Å². The van der Waals surface area contributed by atoms with E-state index in [1.165, 1.54) is 24.6 Å². The molecule has 1 heterocycles. The first-order chi connectivity index (χ1) is 16.4. The standard InChI is InChI=1S/C28H36F2N2O3/c1-6-20-9-19(15-28(3,4)5)12-23-24(7-8-35-27(20)23)31-16-26(34)25(32-17(2)33)13-18-10-21(29)14-22(30)11-18/h7-12,14,24-26,31,34H,6,13,15-16H2,1-5H3,(H,32,33). The lowest BCUT2D eigenvalue weighted by atomic mass is 9.85. The molecule has 3 atom stereocenters. The molecule has 1 aliphatic rings. The van der Waals surface area contributed by atoms with Crippen molar-refractivity contribution in [3.8, 4) is 5.75 Å². The number of benzene rings is 2. The molecule has 1 amide bonds. The van der Waals surface area contributed by atoms with Crippen molar-refractivity contribution in [3.63, 3.8) is 0 Å². The molecule has 5 nitrogen and oxygen atoms in total. The molecule has 0 radical (unpaired) electrons. The Balaban J connectivity index is 1.78. The van der Waals surface area contributed by atoms with Crippen LogP contribution < -0.4 is 15.4 Å². The molecule has 3 N–H and O–H groups in total. The highest BCUT2D eigenvalue weighted by atomic mass is 19.1. The van der Waals surface area contributed by atoms with Crippen LogP contribution in [0.3, 0.4) is 0 Å². The third kappa shape index (κ3) is 7.61. The normalized spacial score (nSPS) is 16.9. The predicted molar refractivity (Wildman–Crippen MR) is 133 cm³/mol. The number of rotatable bonds is 9. The molecule has 0 spiro atoms. The summed E-state index contributed by atoms with van der Waals surface area (Å²) in [5.41, 5.74) is 3.84. The van der Waals surface area contributed by atoms with Gasteiger partial charge in [0.05, 0.1) is 24.4 Å². The van der Waals surface area contributed by atoms with Gasteiger partial charge in [-0.15, -0.1) is 0 Å². The highest BCUT2D eigenvalue weighted by molar-refractivity contribution is 5.73. The van der Waals surface area contributed by atoms with E-state index in [2.05, 4.69) is 50.5 Å². The van der Waals surface area contributed by atoms with Crippen molar-refractivity contribution in [3.05, 3.63) is 76.6 Å². The Kier molecular flexibility index (Phi) is 8.67. The SMILES string of the molecule is CCc1cc(CC(C)(C)C)cc2c1OC=CC2NCC(O)C(Cc1cc(F)cc(F)c1)NC(C)=O. The van der Waals surface area contributed by atoms with Gasteiger partial charge in [-0.1, -0.05) is 39.8 Å². The lowest BCUT2D eigenvalue weighted by molar-refractivity contribution is -0.120. The molecule has 35 heavy (non-hydrogen) atoms. The van der Waals surface area contributed by atoms with Crippen LogP contribution in [0.2, 0.25) is 0 Å². The Labute approximate surface area is 206 Å². The third-order valence-corrected chi connectivity index (χ3v) is 5.94. The first-order valence-electron chi connectivity index (χ1n) is 12.1. The van der Waals surface area contributed by atoms with E-state index < -0.39 is 23.8 Å². The molecule has 2 aromatic rings. The van der Waals surface area contributed by atoms with Crippen molar-refractivity contribution in [1.29, 1.82) is 0 Å². The highest BCUT2D eigenvalue weighted by Crippen LogP contribution is 2.36. The second-order valence-electron chi connectivity index (χ2n) is 10.5. The number of carbonyl (C=O) groups excluding carboxylic acids is 1. The van der Waals surface area contributed by atoms with E-state index in [9.17, 15) is 18.7 Å². The molecule has 0 bridgehead atoms. The van der Waals surface area contributed by atoms with E-state index >= 15 is 0 Å². The number of halogens is 2. The van der Waals surface area contributed by atoms with E-state index in [-0.39, 0.29) is 30.3 Å². The van der Waals surface area contributed by atoms with Crippen molar-refractivity contribution < 1.29 is 23.4 Å². The quantitative estimate of drug-likeness (QED) is 0.478. The molecule has 3 unspecified atom stereocenters. The molecular formula is C28H36F2N2O3. The minimum Gasteiger partial charge on any atom is -0.465 e. The van der Waals surface area contributed by atoms with Gasteiger partial charge in [-0.3, -0.25) is 4.79 Å². The van der Waals surface area contributed by atoms with E-state index in [1.54, 1.807) is 6.26 Å². The van der Waals surface area contributed by atoms with Crippen molar-refractivity contribution in [2.45, 2.75) is 72.1 Å². The Bertz CT molecular complexity index is 1060. The number of amides is 1. The lowest BCUT2D eigenvalue weighted by Crippen LogP contribution is -2.48. The molecule has 3 rings (SSSR count). The monoisotopic (exact) mass is 486 g/mol. The number of hydrogen-bond donors (Lipinski definition) is 3. The highest BCUT2D eigenvalue weighted by Gasteiger charge is 2.26. The fourth-order valence-corrected chi connectivity index (χ4v) is 4.52. The zero-order valence-electron chi connectivity index (χ0n) is 21.1. The van der Waals surface area contributed by atoms with Crippen LogP contribution in [-0.2, 0) is 24.1 Å². The largest absolute Gasteiger partial charge is 0.465 e. The molecule has 1 aliphatic heterocycles. The second kappa shape index (κ2) is 11.3. The number of aliphatic hydroxyl groups is 1. The van der Waals surface area contributed by atoms with Crippen LogP contribution in [0.4, 0.5) is 8.78 Å². The van der Waals surface area contributed by atoms with Crippen molar-refractivity contribution in [2.75, 3.05) is 6.54 Å². The average molecular weight is 487 g/mol. The molecular weight excluding hydrogens is 450 g/mol. The summed E-state index contributed by atoms with van der Waals surface area (Å²) in [5, 5.41) is 17.0. The minimum absolute atomic E-state index is 0.0903. The first kappa shape index (κ1) is 26.8. The topological polar surface area (TPSA) is 70.6 Å². The molecule has 0 saturated carbocycles. The number of fused-ring (bicyclic) bond motifs is 1. The first-order valence-corrected chi connectivity index (χ1v) is 12.1. The Morgan fingerprint density at radius 2 is 1.80 bits per heavy atom. The summed E-state index contributed by atoms with van der Waals surface area (Å²) in [6.45, 7) is 10.2. The van der Waals surface area contributed by atoms with Crippen molar-refractivity contribution in [2.24, 2.45) is 5.41 Å². The summed E-state index contributed by atoms with van der Waals surface area (Å²) in [6.07, 6.45) is 4.39. The summed E-state index contributed by atoms with van der Waals surface area (Å²) < 4.78 is 33.2. The van der Waals surface area contributed by atoms with E-state index in [4.69, 9.17) is 4.74 Å². The number of hydrogen-bond acceptors (Lipinski definition) is 4. The molecule has 7 heteroatoms. The van der Waals surface area contributed by atoms with Gasteiger partial charge in [0, 0.05) is 25.1 Å². The summed E-state index contributed by atoms with van der Waals surface area (Å²) in [7, 11) is 0. The zero-order chi connectivity index (χ0) is 25.8. The average Bonchev–Trinajstić information content (AvgIpc) is 2.74. The van der Waals surface area contributed by atoms with E-state index in [0.29, 0.717) is 5.56 Å². The fraction of sp³-hybridized carbons (Fsp3) is 0.464. The predicted octanol–water partition coefficient (Wildman–Crippen LogP) is 4.76. The number of aliphatic hydroxyl groups excluding tert-OH is 1. The molecule has 190 valence electrons. The van der Waals surface area contributed by atoms with Gasteiger partial charge in [0.1, 0.15) is 17.4 Å². The molecule has 0 saturated heterocycles. The second-order valence-corrected chi connectivity index (χ2v) is 10.5. The van der Waals surface area contributed by atoms with Gasteiger partial charge >= 0.3 is 0 Å². The molecule has 0 aliphatic carbocycles. The van der Waals surface area contributed by atoms with Gasteiger partial charge in [0.2, 0.25) is 5.91 Å².